The zero-order valence-corrected chi connectivity index (χ0v) is 17.7. The van der Waals surface area contributed by atoms with Crippen molar-refractivity contribution in [2.45, 2.75) is 32.2 Å². The van der Waals surface area contributed by atoms with Crippen LogP contribution < -0.4 is 10.2 Å². The predicted molar refractivity (Wildman–Crippen MR) is 115 cm³/mol. The molecule has 6 nitrogen and oxygen atoms in total. The van der Waals surface area contributed by atoms with E-state index in [-0.39, 0.29) is 24.3 Å². The van der Waals surface area contributed by atoms with Crippen molar-refractivity contribution >= 4 is 45.0 Å². The monoisotopic (exact) mass is 455 g/mol. The van der Waals surface area contributed by atoms with Crippen molar-refractivity contribution in [2.24, 2.45) is 0 Å². The molecule has 0 saturated carbocycles. The Kier molecular flexibility index (Phi) is 5.41. The number of benzene rings is 2. The van der Waals surface area contributed by atoms with Crippen molar-refractivity contribution in [3.8, 4) is 0 Å². The Balaban J connectivity index is 1.63. The number of halogens is 1. The number of amides is 3. The Bertz CT molecular complexity index is 991. The van der Waals surface area contributed by atoms with Crippen LogP contribution >= 0.6 is 15.9 Å². The second-order valence-corrected chi connectivity index (χ2v) is 8.32. The van der Waals surface area contributed by atoms with E-state index in [0.29, 0.717) is 29.9 Å². The Hall–Kier alpha value is -2.67. The van der Waals surface area contributed by atoms with Gasteiger partial charge in [-0.15, -0.1) is 0 Å². The third-order valence-corrected chi connectivity index (χ3v) is 6.37. The van der Waals surface area contributed by atoms with Crippen LogP contribution in [0.2, 0.25) is 0 Å². The molecule has 1 unspecified atom stereocenters. The summed E-state index contributed by atoms with van der Waals surface area (Å²) in [7, 11) is 0. The largest absolute Gasteiger partial charge is 0.327 e. The lowest BCUT2D eigenvalue weighted by atomic mass is 10.0. The van der Waals surface area contributed by atoms with E-state index < -0.39 is 6.04 Å². The van der Waals surface area contributed by atoms with Crippen LogP contribution in [0.3, 0.4) is 0 Å². The highest BCUT2D eigenvalue weighted by atomic mass is 79.9. The highest BCUT2D eigenvalue weighted by Gasteiger charge is 2.40. The first-order chi connectivity index (χ1) is 14.0. The third kappa shape index (κ3) is 3.79. The molecule has 29 heavy (non-hydrogen) atoms. The molecular weight excluding hydrogens is 434 g/mol. The van der Waals surface area contributed by atoms with Crippen molar-refractivity contribution in [3.05, 3.63) is 58.1 Å². The van der Waals surface area contributed by atoms with Gasteiger partial charge in [-0.3, -0.25) is 14.4 Å². The summed E-state index contributed by atoms with van der Waals surface area (Å²) < 4.78 is 0.961. The molecule has 1 saturated heterocycles. The van der Waals surface area contributed by atoms with E-state index in [1.165, 1.54) is 4.90 Å². The number of piperidine rings is 1. The number of carbonyl (C=O) groups is 3. The lowest BCUT2D eigenvalue weighted by Gasteiger charge is -2.34. The summed E-state index contributed by atoms with van der Waals surface area (Å²) >= 11 is 3.45. The van der Waals surface area contributed by atoms with Crippen LogP contribution in [0, 0.1) is 6.92 Å². The molecule has 0 spiro atoms. The van der Waals surface area contributed by atoms with Gasteiger partial charge < -0.3 is 15.1 Å². The van der Waals surface area contributed by atoms with Crippen LogP contribution in [0.15, 0.2) is 46.9 Å². The van der Waals surface area contributed by atoms with E-state index in [1.54, 1.807) is 35.2 Å². The molecule has 1 N–H and O–H groups in total. The molecule has 2 heterocycles. The lowest BCUT2D eigenvalue weighted by molar-refractivity contribution is -0.125. The Morgan fingerprint density at radius 3 is 2.76 bits per heavy atom. The maximum atomic E-state index is 13.3. The van der Waals surface area contributed by atoms with Gasteiger partial charge in [0.25, 0.3) is 5.91 Å². The molecule has 3 amide bonds. The Morgan fingerprint density at radius 1 is 1.17 bits per heavy atom. The summed E-state index contributed by atoms with van der Waals surface area (Å²) in [5.41, 5.74) is 2.64. The van der Waals surface area contributed by atoms with Crippen LogP contribution in [-0.2, 0) is 9.59 Å². The van der Waals surface area contributed by atoms with E-state index in [4.69, 9.17) is 0 Å². The zero-order valence-electron chi connectivity index (χ0n) is 16.2. The van der Waals surface area contributed by atoms with Crippen LogP contribution in [0.1, 0.15) is 35.2 Å². The fourth-order valence-electron chi connectivity index (χ4n) is 4.00. The summed E-state index contributed by atoms with van der Waals surface area (Å²) in [6.45, 7) is 2.38. The first kappa shape index (κ1) is 19.6. The topological polar surface area (TPSA) is 69.7 Å². The van der Waals surface area contributed by atoms with Gasteiger partial charge in [0.1, 0.15) is 12.6 Å². The molecule has 1 atom stereocenters. The van der Waals surface area contributed by atoms with Crippen LogP contribution in [0.5, 0.6) is 0 Å². The van der Waals surface area contributed by atoms with Crippen molar-refractivity contribution in [1.29, 1.82) is 0 Å². The van der Waals surface area contributed by atoms with Crippen LogP contribution in [-0.4, -0.2) is 41.8 Å². The fourth-order valence-corrected chi connectivity index (χ4v) is 4.25. The number of para-hydroxylation sites is 1. The van der Waals surface area contributed by atoms with Gasteiger partial charge in [0, 0.05) is 16.7 Å². The second kappa shape index (κ2) is 7.99. The van der Waals surface area contributed by atoms with Gasteiger partial charge in [-0.25, -0.2) is 0 Å². The number of hydrogen-bond donors (Lipinski definition) is 1. The number of fused-ring (bicyclic) bond motifs is 2. The number of aryl methyl sites for hydroxylation is 1. The zero-order chi connectivity index (χ0) is 20.5. The van der Waals surface area contributed by atoms with Gasteiger partial charge in [-0.2, -0.15) is 0 Å². The lowest BCUT2D eigenvalue weighted by Crippen LogP contribution is -2.52. The van der Waals surface area contributed by atoms with Gasteiger partial charge in [0.15, 0.2) is 0 Å². The van der Waals surface area contributed by atoms with E-state index in [9.17, 15) is 14.4 Å². The van der Waals surface area contributed by atoms with E-state index >= 15 is 0 Å². The quantitative estimate of drug-likeness (QED) is 0.765. The molecule has 2 aromatic carbocycles. The summed E-state index contributed by atoms with van der Waals surface area (Å²) in [5.74, 6) is -0.623. The predicted octanol–water partition coefficient (Wildman–Crippen LogP) is 3.74. The molecule has 2 aliphatic heterocycles. The number of rotatable bonds is 3. The van der Waals surface area contributed by atoms with E-state index in [2.05, 4.69) is 21.2 Å². The third-order valence-electron chi connectivity index (χ3n) is 5.48. The van der Waals surface area contributed by atoms with Crippen molar-refractivity contribution in [1.82, 2.24) is 4.90 Å². The second-order valence-electron chi connectivity index (χ2n) is 7.46. The average molecular weight is 456 g/mol. The highest BCUT2D eigenvalue weighted by molar-refractivity contribution is 9.10. The fraction of sp³-hybridized carbons (Fsp3) is 0.318. The Morgan fingerprint density at radius 2 is 1.97 bits per heavy atom. The average Bonchev–Trinajstić information content (AvgIpc) is 2.81. The number of nitrogens with zero attached hydrogens (tertiary/aromatic N) is 2. The standard InChI is InChI=1S/C22H22BrN3O3/c1-14-12-15(9-10-17(14)23)24-20(27)13-26-18-7-3-2-6-16(18)21(28)25-11-5-4-8-19(25)22(26)29/h2-3,6-7,9-10,12,19H,4-5,8,11,13H2,1H3,(H,24,27). The number of carbonyl (C=O) groups excluding carboxylic acids is 3. The molecular formula is C22H22BrN3O3. The molecule has 4 rings (SSSR count). The van der Waals surface area contributed by atoms with Gasteiger partial charge in [-0.1, -0.05) is 28.1 Å². The summed E-state index contributed by atoms with van der Waals surface area (Å²) in [6.07, 6.45) is 2.42. The molecule has 0 aliphatic carbocycles. The number of hydrogen-bond acceptors (Lipinski definition) is 3. The van der Waals surface area contributed by atoms with Crippen LogP contribution in [0.25, 0.3) is 0 Å². The molecule has 0 aromatic heterocycles. The molecule has 2 aliphatic rings. The minimum atomic E-state index is -0.508. The van der Waals surface area contributed by atoms with Crippen LogP contribution in [0.4, 0.5) is 11.4 Å². The molecule has 2 aromatic rings. The Labute approximate surface area is 178 Å². The van der Waals surface area contributed by atoms with Gasteiger partial charge >= 0.3 is 0 Å². The molecule has 150 valence electrons. The minimum Gasteiger partial charge on any atom is -0.327 e. The highest BCUT2D eigenvalue weighted by Crippen LogP contribution is 2.31. The van der Waals surface area contributed by atoms with Gasteiger partial charge in [-0.05, 0) is 62.1 Å². The summed E-state index contributed by atoms with van der Waals surface area (Å²) in [4.78, 5) is 42.3. The molecule has 0 bridgehead atoms. The number of anilines is 2. The first-order valence-corrected chi connectivity index (χ1v) is 10.5. The SMILES string of the molecule is Cc1cc(NC(=O)CN2C(=O)C3CCCCN3C(=O)c3ccccc32)ccc1Br. The maximum absolute atomic E-state index is 13.3. The molecule has 1 fully saturated rings. The summed E-state index contributed by atoms with van der Waals surface area (Å²) in [5, 5.41) is 2.86. The first-order valence-electron chi connectivity index (χ1n) is 9.73. The van der Waals surface area contributed by atoms with Gasteiger partial charge in [0.05, 0.1) is 11.3 Å². The van der Waals surface area contributed by atoms with E-state index in [0.717, 1.165) is 22.9 Å². The number of nitrogens with one attached hydrogen (secondary N) is 1. The van der Waals surface area contributed by atoms with Crippen molar-refractivity contribution in [2.75, 3.05) is 23.3 Å². The smallest absolute Gasteiger partial charge is 0.256 e. The normalized spacial score (nSPS) is 18.8. The molecule has 0 radical (unpaired) electrons. The summed E-state index contributed by atoms with van der Waals surface area (Å²) in [6, 6.07) is 12.1. The van der Waals surface area contributed by atoms with E-state index in [1.807, 2.05) is 19.1 Å². The minimum absolute atomic E-state index is 0.134. The van der Waals surface area contributed by atoms with Crippen molar-refractivity contribution in [3.63, 3.8) is 0 Å². The maximum Gasteiger partial charge on any atom is 0.256 e. The van der Waals surface area contributed by atoms with Crippen molar-refractivity contribution < 1.29 is 14.4 Å². The molecule has 7 heteroatoms. The van der Waals surface area contributed by atoms with Gasteiger partial charge in [0.2, 0.25) is 11.8 Å².